The minimum atomic E-state index is -0.0917. The minimum Gasteiger partial charge on any atom is -0.383 e. The fraction of sp³-hybridized carbons (Fsp3) is 0.130. The van der Waals surface area contributed by atoms with E-state index >= 15 is 0 Å². The van der Waals surface area contributed by atoms with E-state index in [1.165, 1.54) is 5.56 Å². The number of nitrogens with one attached hydrogen (secondary N) is 1. The van der Waals surface area contributed by atoms with Gasteiger partial charge in [0, 0.05) is 28.7 Å². The molecule has 1 aliphatic heterocycles. The molecule has 146 valence electrons. The summed E-state index contributed by atoms with van der Waals surface area (Å²) in [4.78, 5) is 10.3. The van der Waals surface area contributed by atoms with Gasteiger partial charge >= 0.3 is 0 Å². The van der Waals surface area contributed by atoms with Gasteiger partial charge in [0.1, 0.15) is 11.6 Å². The molecule has 0 amide bonds. The van der Waals surface area contributed by atoms with Crippen LogP contribution in [0.4, 0.5) is 17.3 Å². The van der Waals surface area contributed by atoms with Crippen molar-refractivity contribution in [3.05, 3.63) is 88.8 Å². The summed E-state index contributed by atoms with van der Waals surface area (Å²) >= 11 is 5.97. The second kappa shape index (κ2) is 7.60. The van der Waals surface area contributed by atoms with E-state index < -0.39 is 0 Å². The van der Waals surface area contributed by atoms with Gasteiger partial charge in [-0.15, -0.1) is 0 Å². The Hall–Kier alpha value is -3.31. The van der Waals surface area contributed by atoms with Crippen molar-refractivity contribution in [3.63, 3.8) is 0 Å². The Morgan fingerprint density at radius 1 is 1.10 bits per heavy atom. The summed E-state index contributed by atoms with van der Waals surface area (Å²) < 4.78 is 0. The number of nitrogen functional groups attached to an aromatic ring is 1. The van der Waals surface area contributed by atoms with Gasteiger partial charge in [0.15, 0.2) is 0 Å². The third-order valence-electron chi connectivity index (χ3n) is 4.97. The lowest BCUT2D eigenvalue weighted by Gasteiger charge is -2.37. The summed E-state index contributed by atoms with van der Waals surface area (Å²) in [5.74, 6) is 0.896. The molecule has 0 spiro atoms. The standard InChI is InChI=1S/C23H22ClN5/c1-14-8-7-9-17-12-19(15(2)26-21-13-20(25)27-23(24)28-21)29(16(3)22(14)17)18-10-5-4-6-11-18/h4-13,15H,3H2,1-2H3,(H3,25,26,27,28)/t15-/m0/s1. The maximum atomic E-state index is 5.97. The molecule has 1 atom stereocenters. The Morgan fingerprint density at radius 2 is 1.86 bits per heavy atom. The zero-order valence-electron chi connectivity index (χ0n) is 16.4. The smallest absolute Gasteiger partial charge is 0.226 e. The van der Waals surface area contributed by atoms with Crippen LogP contribution in [0.15, 0.2) is 66.9 Å². The van der Waals surface area contributed by atoms with Crippen molar-refractivity contribution in [1.82, 2.24) is 9.97 Å². The SMILES string of the molecule is C=C1c2c(C)cccc2C=C([C@H](C)Nc2cc(N)nc(Cl)n2)N1c1ccccc1. The fourth-order valence-corrected chi connectivity index (χ4v) is 3.89. The van der Waals surface area contributed by atoms with Crippen LogP contribution in [-0.4, -0.2) is 16.0 Å². The largest absolute Gasteiger partial charge is 0.383 e. The van der Waals surface area contributed by atoms with E-state index in [0.717, 1.165) is 28.2 Å². The third kappa shape index (κ3) is 3.69. The Morgan fingerprint density at radius 3 is 2.59 bits per heavy atom. The van der Waals surface area contributed by atoms with Gasteiger partial charge in [-0.2, -0.15) is 0 Å². The second-order valence-corrected chi connectivity index (χ2v) is 7.38. The average molecular weight is 404 g/mol. The summed E-state index contributed by atoms with van der Waals surface area (Å²) in [7, 11) is 0. The predicted molar refractivity (Wildman–Crippen MR) is 122 cm³/mol. The van der Waals surface area contributed by atoms with Crippen molar-refractivity contribution >= 4 is 40.7 Å². The molecule has 6 heteroatoms. The van der Waals surface area contributed by atoms with Crippen LogP contribution in [0.2, 0.25) is 5.28 Å². The van der Waals surface area contributed by atoms with Gasteiger partial charge in [0.25, 0.3) is 0 Å². The summed E-state index contributed by atoms with van der Waals surface area (Å²) in [6.45, 7) is 8.61. The van der Waals surface area contributed by atoms with Crippen molar-refractivity contribution in [2.45, 2.75) is 19.9 Å². The zero-order chi connectivity index (χ0) is 20.5. The number of anilines is 3. The first-order valence-electron chi connectivity index (χ1n) is 9.36. The molecule has 29 heavy (non-hydrogen) atoms. The molecule has 0 aliphatic carbocycles. The van der Waals surface area contributed by atoms with E-state index in [9.17, 15) is 0 Å². The van der Waals surface area contributed by atoms with Gasteiger partial charge in [0.05, 0.1) is 6.04 Å². The first-order valence-corrected chi connectivity index (χ1v) is 9.74. The molecule has 2 aromatic carbocycles. The van der Waals surface area contributed by atoms with Gasteiger partial charge < -0.3 is 16.0 Å². The predicted octanol–water partition coefficient (Wildman–Crippen LogP) is 5.35. The van der Waals surface area contributed by atoms with E-state index in [-0.39, 0.29) is 11.3 Å². The zero-order valence-corrected chi connectivity index (χ0v) is 17.1. The van der Waals surface area contributed by atoms with Gasteiger partial charge in [-0.25, -0.2) is 9.97 Å². The molecular formula is C23H22ClN5. The van der Waals surface area contributed by atoms with E-state index in [4.69, 9.17) is 17.3 Å². The van der Waals surface area contributed by atoms with Crippen LogP contribution in [0.3, 0.4) is 0 Å². The maximum absolute atomic E-state index is 5.97. The van der Waals surface area contributed by atoms with Crippen LogP contribution in [0.25, 0.3) is 11.8 Å². The fourth-order valence-electron chi connectivity index (χ4n) is 3.70. The average Bonchev–Trinajstić information content (AvgIpc) is 2.67. The monoisotopic (exact) mass is 403 g/mol. The number of halogens is 1. The lowest BCUT2D eigenvalue weighted by Crippen LogP contribution is -2.34. The van der Waals surface area contributed by atoms with E-state index in [2.05, 4.69) is 77.0 Å². The Labute approximate surface area is 175 Å². The Bertz CT molecular complexity index is 1090. The number of hydrogen-bond donors (Lipinski definition) is 2. The molecule has 3 aromatic rings. The summed E-state index contributed by atoms with van der Waals surface area (Å²) in [6, 6.07) is 18.1. The molecule has 0 unspecified atom stereocenters. The number of aromatic nitrogens is 2. The topological polar surface area (TPSA) is 67.1 Å². The summed E-state index contributed by atoms with van der Waals surface area (Å²) in [5.41, 5.74) is 12.3. The van der Waals surface area contributed by atoms with Crippen LogP contribution in [0.5, 0.6) is 0 Å². The highest BCUT2D eigenvalue weighted by Gasteiger charge is 2.28. The Kier molecular flexibility index (Phi) is 4.99. The van der Waals surface area contributed by atoms with E-state index in [1.807, 2.05) is 18.2 Å². The Balaban J connectivity index is 1.79. The number of hydrogen-bond acceptors (Lipinski definition) is 5. The van der Waals surface area contributed by atoms with Gasteiger partial charge in [-0.05, 0) is 54.8 Å². The van der Waals surface area contributed by atoms with Gasteiger partial charge in [0.2, 0.25) is 5.28 Å². The highest BCUT2D eigenvalue weighted by molar-refractivity contribution is 6.28. The van der Waals surface area contributed by atoms with Crippen molar-refractivity contribution in [2.75, 3.05) is 16.0 Å². The first-order chi connectivity index (χ1) is 13.9. The first kappa shape index (κ1) is 19.0. The number of fused-ring (bicyclic) bond motifs is 1. The molecule has 0 saturated carbocycles. The highest BCUT2D eigenvalue weighted by Crippen LogP contribution is 2.39. The molecule has 4 rings (SSSR count). The maximum Gasteiger partial charge on any atom is 0.226 e. The number of aryl methyl sites for hydroxylation is 1. The molecule has 0 fully saturated rings. The van der Waals surface area contributed by atoms with Crippen molar-refractivity contribution in [1.29, 1.82) is 0 Å². The van der Waals surface area contributed by atoms with E-state index in [1.54, 1.807) is 6.07 Å². The number of para-hydroxylation sites is 1. The lowest BCUT2D eigenvalue weighted by atomic mass is 9.92. The summed E-state index contributed by atoms with van der Waals surface area (Å²) in [6.07, 6.45) is 2.19. The van der Waals surface area contributed by atoms with Gasteiger partial charge in [-0.3, -0.25) is 0 Å². The van der Waals surface area contributed by atoms with Crippen LogP contribution in [-0.2, 0) is 0 Å². The number of nitrogens with zero attached hydrogens (tertiary/aromatic N) is 3. The number of benzene rings is 2. The van der Waals surface area contributed by atoms with Crippen LogP contribution in [0.1, 0.15) is 23.6 Å². The van der Waals surface area contributed by atoms with E-state index in [0.29, 0.717) is 11.6 Å². The minimum absolute atomic E-state index is 0.0917. The van der Waals surface area contributed by atoms with Crippen LogP contribution >= 0.6 is 11.6 Å². The molecule has 2 heterocycles. The highest BCUT2D eigenvalue weighted by atomic mass is 35.5. The van der Waals surface area contributed by atoms with Crippen molar-refractivity contribution in [2.24, 2.45) is 0 Å². The van der Waals surface area contributed by atoms with Crippen LogP contribution < -0.4 is 16.0 Å². The molecule has 5 nitrogen and oxygen atoms in total. The normalized spacial score (nSPS) is 14.2. The summed E-state index contributed by atoms with van der Waals surface area (Å²) in [5, 5.41) is 3.51. The number of rotatable bonds is 4. The lowest BCUT2D eigenvalue weighted by molar-refractivity contribution is 0.880. The third-order valence-corrected chi connectivity index (χ3v) is 5.14. The number of nitrogens with two attached hydrogens (primary N) is 1. The quantitative estimate of drug-likeness (QED) is 0.574. The molecular weight excluding hydrogens is 382 g/mol. The van der Waals surface area contributed by atoms with Gasteiger partial charge in [-0.1, -0.05) is 43.0 Å². The molecule has 1 aromatic heterocycles. The molecule has 3 N–H and O–H groups in total. The molecule has 0 saturated heterocycles. The van der Waals surface area contributed by atoms with Crippen LogP contribution in [0, 0.1) is 6.92 Å². The molecule has 1 aliphatic rings. The molecule has 0 bridgehead atoms. The second-order valence-electron chi connectivity index (χ2n) is 7.04. The molecule has 0 radical (unpaired) electrons. The van der Waals surface area contributed by atoms with Crippen molar-refractivity contribution in [3.8, 4) is 0 Å². The van der Waals surface area contributed by atoms with Crippen molar-refractivity contribution < 1.29 is 0 Å².